The Balaban J connectivity index is 1.59. The van der Waals surface area contributed by atoms with Crippen LogP contribution in [0.2, 0.25) is 0 Å². The van der Waals surface area contributed by atoms with Crippen molar-refractivity contribution >= 4 is 16.0 Å². The lowest BCUT2D eigenvalue weighted by molar-refractivity contribution is -0.139. The van der Waals surface area contributed by atoms with Crippen molar-refractivity contribution in [3.63, 3.8) is 0 Å². The van der Waals surface area contributed by atoms with Crippen LogP contribution in [0, 0.1) is 6.92 Å². The second-order valence-corrected chi connectivity index (χ2v) is 12.5. The average Bonchev–Trinajstić information content (AvgIpc) is 3.04. The Labute approximate surface area is 219 Å². The molecule has 4 rings (SSSR count). The predicted octanol–water partition coefficient (Wildman–Crippen LogP) is 6.17. The molecule has 0 amide bonds. The van der Waals surface area contributed by atoms with Gasteiger partial charge in [0.1, 0.15) is 5.75 Å². The summed E-state index contributed by atoms with van der Waals surface area (Å²) < 4.78 is 35.2. The van der Waals surface area contributed by atoms with Crippen LogP contribution in [-0.2, 0) is 26.7 Å². The van der Waals surface area contributed by atoms with E-state index in [9.17, 15) is 13.2 Å². The van der Waals surface area contributed by atoms with Crippen molar-refractivity contribution in [1.82, 2.24) is 4.72 Å². The van der Waals surface area contributed by atoms with Gasteiger partial charge >= 0.3 is 5.97 Å². The fourth-order valence-corrected chi connectivity index (χ4v) is 6.09. The van der Waals surface area contributed by atoms with Crippen LogP contribution < -0.4 is 9.46 Å². The van der Waals surface area contributed by atoms with E-state index in [4.69, 9.17) is 9.84 Å². The maximum absolute atomic E-state index is 13.4. The fourth-order valence-electron chi connectivity index (χ4n) is 4.84. The van der Waals surface area contributed by atoms with Gasteiger partial charge in [-0.1, -0.05) is 75.2 Å². The van der Waals surface area contributed by atoms with E-state index in [-0.39, 0.29) is 10.3 Å². The highest BCUT2D eigenvalue weighted by molar-refractivity contribution is 7.89. The molecule has 0 heterocycles. The molecule has 196 valence electrons. The van der Waals surface area contributed by atoms with Gasteiger partial charge in [0.15, 0.2) is 6.61 Å². The van der Waals surface area contributed by atoms with E-state index in [0.717, 1.165) is 35.1 Å². The highest BCUT2D eigenvalue weighted by atomic mass is 32.2. The molecule has 0 aromatic heterocycles. The molecule has 0 saturated carbocycles. The predicted molar refractivity (Wildman–Crippen MR) is 146 cm³/mol. The number of aliphatic carboxylic acids is 1. The Morgan fingerprint density at radius 3 is 2.43 bits per heavy atom. The van der Waals surface area contributed by atoms with E-state index in [1.807, 2.05) is 18.2 Å². The van der Waals surface area contributed by atoms with Crippen LogP contribution >= 0.6 is 0 Å². The third kappa shape index (κ3) is 6.40. The largest absolute Gasteiger partial charge is 0.482 e. The van der Waals surface area contributed by atoms with Crippen molar-refractivity contribution in [2.75, 3.05) is 6.61 Å². The number of benzene rings is 3. The molecular formula is C30H35NO5S. The van der Waals surface area contributed by atoms with Gasteiger partial charge < -0.3 is 9.84 Å². The van der Waals surface area contributed by atoms with Crippen molar-refractivity contribution in [2.45, 2.75) is 69.7 Å². The number of ether oxygens (including phenoxy) is 1. The van der Waals surface area contributed by atoms with Gasteiger partial charge in [-0.05, 0) is 77.6 Å². The van der Waals surface area contributed by atoms with Crippen molar-refractivity contribution < 1.29 is 23.1 Å². The molecular weight excluding hydrogens is 486 g/mol. The zero-order chi connectivity index (χ0) is 26.8. The molecule has 1 atom stereocenters. The summed E-state index contributed by atoms with van der Waals surface area (Å²) in [5.41, 5.74) is 6.16. The topological polar surface area (TPSA) is 92.7 Å². The van der Waals surface area contributed by atoms with Gasteiger partial charge in [-0.2, -0.15) is 0 Å². The van der Waals surface area contributed by atoms with Crippen molar-refractivity contribution in [1.29, 1.82) is 0 Å². The summed E-state index contributed by atoms with van der Waals surface area (Å²) in [6.45, 7) is 8.18. The van der Waals surface area contributed by atoms with Gasteiger partial charge in [0.2, 0.25) is 10.0 Å². The summed E-state index contributed by atoms with van der Waals surface area (Å²) in [7, 11) is -3.78. The molecule has 1 aliphatic carbocycles. The molecule has 3 aromatic rings. The smallest absolute Gasteiger partial charge is 0.341 e. The highest BCUT2D eigenvalue weighted by Crippen LogP contribution is 2.35. The summed E-state index contributed by atoms with van der Waals surface area (Å²) in [5, 5.41) is 9.00. The second kappa shape index (κ2) is 10.7. The van der Waals surface area contributed by atoms with Gasteiger partial charge in [0.25, 0.3) is 0 Å². The molecule has 6 nitrogen and oxygen atoms in total. The first-order valence-corrected chi connectivity index (χ1v) is 14.1. The minimum atomic E-state index is -3.78. The molecule has 2 N–H and O–H groups in total. The van der Waals surface area contributed by atoms with Crippen LogP contribution in [0.4, 0.5) is 0 Å². The molecule has 0 bridgehead atoms. The van der Waals surface area contributed by atoms with Crippen LogP contribution in [0.3, 0.4) is 0 Å². The minimum absolute atomic E-state index is 0.0154. The van der Waals surface area contributed by atoms with Gasteiger partial charge in [-0.3, -0.25) is 0 Å². The number of carbonyl (C=O) groups is 1. The van der Waals surface area contributed by atoms with Gasteiger partial charge in [-0.15, -0.1) is 0 Å². The Bertz CT molecular complexity index is 1390. The first kappa shape index (κ1) is 26.9. The maximum Gasteiger partial charge on any atom is 0.341 e. The average molecular weight is 522 g/mol. The van der Waals surface area contributed by atoms with Gasteiger partial charge in [0.05, 0.1) is 4.90 Å². The minimum Gasteiger partial charge on any atom is -0.482 e. The Morgan fingerprint density at radius 2 is 1.76 bits per heavy atom. The number of nitrogens with one attached hydrogen (secondary N) is 1. The highest BCUT2D eigenvalue weighted by Gasteiger charge is 2.26. The summed E-state index contributed by atoms with van der Waals surface area (Å²) in [6, 6.07) is 18.5. The number of sulfonamides is 1. The third-order valence-corrected chi connectivity index (χ3v) is 8.29. The first-order chi connectivity index (χ1) is 17.4. The molecule has 1 aliphatic rings. The van der Waals surface area contributed by atoms with Crippen molar-refractivity contribution in [3.8, 4) is 16.9 Å². The molecule has 3 aromatic carbocycles. The zero-order valence-corrected chi connectivity index (χ0v) is 22.7. The van der Waals surface area contributed by atoms with Gasteiger partial charge in [-0.25, -0.2) is 17.9 Å². The van der Waals surface area contributed by atoms with Gasteiger partial charge in [0, 0.05) is 6.04 Å². The number of aryl methyl sites for hydroxylation is 1. The Kier molecular flexibility index (Phi) is 7.76. The Hall–Kier alpha value is -3.16. The van der Waals surface area contributed by atoms with Crippen LogP contribution in [0.1, 0.15) is 68.3 Å². The zero-order valence-electron chi connectivity index (χ0n) is 21.9. The van der Waals surface area contributed by atoms with E-state index >= 15 is 0 Å². The standard InChI is InChI=1S/C30H35NO5S/c1-20-16-22(18-23(17-20)30(2,3)4)21-12-14-24(15-13-21)37(34,35)31-27-10-6-5-8-26-25(27)9-7-11-28(26)36-19-29(32)33/h7,9,11-18,27,31H,5-6,8,10,19H2,1-4H3,(H,32,33). The number of rotatable bonds is 7. The van der Waals surface area contributed by atoms with E-state index in [1.54, 1.807) is 24.3 Å². The summed E-state index contributed by atoms with van der Waals surface area (Å²) in [5.74, 6) is -0.546. The van der Waals surface area contributed by atoms with E-state index in [0.29, 0.717) is 18.6 Å². The molecule has 0 saturated heterocycles. The first-order valence-electron chi connectivity index (χ1n) is 12.7. The van der Waals surface area contributed by atoms with Crippen LogP contribution in [0.15, 0.2) is 65.6 Å². The molecule has 37 heavy (non-hydrogen) atoms. The summed E-state index contributed by atoms with van der Waals surface area (Å²) in [4.78, 5) is 11.2. The van der Waals surface area contributed by atoms with Crippen molar-refractivity contribution in [3.05, 3.63) is 82.9 Å². The van der Waals surface area contributed by atoms with Crippen LogP contribution in [0.5, 0.6) is 5.75 Å². The quantitative estimate of drug-likeness (QED) is 0.363. The van der Waals surface area contributed by atoms with Crippen LogP contribution in [0.25, 0.3) is 11.1 Å². The molecule has 0 radical (unpaired) electrons. The molecule has 1 unspecified atom stereocenters. The SMILES string of the molecule is Cc1cc(-c2ccc(S(=O)(=O)NC3CCCCc4c(OCC(=O)O)cccc43)cc2)cc(C(C)(C)C)c1. The second-order valence-electron chi connectivity index (χ2n) is 10.8. The van der Waals surface area contributed by atoms with E-state index < -0.39 is 28.6 Å². The molecule has 7 heteroatoms. The maximum atomic E-state index is 13.4. The number of hydrogen-bond acceptors (Lipinski definition) is 4. The number of hydrogen-bond donors (Lipinski definition) is 2. The Morgan fingerprint density at radius 1 is 1.03 bits per heavy atom. The summed E-state index contributed by atoms with van der Waals surface area (Å²) >= 11 is 0. The number of fused-ring (bicyclic) bond motifs is 1. The van der Waals surface area contributed by atoms with Crippen molar-refractivity contribution in [2.24, 2.45) is 0 Å². The molecule has 0 fully saturated rings. The molecule has 0 aliphatic heterocycles. The lowest BCUT2D eigenvalue weighted by Crippen LogP contribution is -2.29. The monoisotopic (exact) mass is 521 g/mol. The van der Waals surface area contributed by atoms with E-state index in [2.05, 4.69) is 50.6 Å². The molecule has 0 spiro atoms. The summed E-state index contributed by atoms with van der Waals surface area (Å²) in [6.07, 6.45) is 3.10. The fraction of sp³-hybridized carbons (Fsp3) is 0.367. The number of carboxylic acids is 1. The lowest BCUT2D eigenvalue weighted by atomic mass is 9.84. The normalized spacial score (nSPS) is 16.1. The van der Waals surface area contributed by atoms with E-state index in [1.165, 1.54) is 11.1 Å². The van der Waals surface area contributed by atoms with Crippen LogP contribution in [-0.4, -0.2) is 26.1 Å². The third-order valence-electron chi connectivity index (χ3n) is 6.80. The number of carboxylic acid groups (broad SMARTS) is 1. The lowest BCUT2D eigenvalue weighted by Gasteiger charge is -2.21.